The quantitative estimate of drug-likeness (QED) is 0.886. The highest BCUT2D eigenvalue weighted by atomic mass is 32.1. The summed E-state index contributed by atoms with van der Waals surface area (Å²) >= 11 is 1.66. The van der Waals surface area contributed by atoms with E-state index in [2.05, 4.69) is 27.2 Å². The van der Waals surface area contributed by atoms with Crippen LogP contribution < -0.4 is 10.6 Å². The summed E-state index contributed by atoms with van der Waals surface area (Å²) in [5, 5.41) is 14.7. The standard InChI is InChI=1S/C14H18N4OS/c19-14(2-1-11-5-8-20-10-11)16-13-4-7-18(17-13)12-3-6-15-9-12/h4-5,7-8,10,12,15H,1-3,6,9H2,(H,16,17,19)/t12-/m1/s1. The molecule has 5 nitrogen and oxygen atoms in total. The number of thiophene rings is 1. The molecular weight excluding hydrogens is 272 g/mol. The molecule has 1 fully saturated rings. The first-order valence-electron chi connectivity index (χ1n) is 6.88. The third-order valence-corrected chi connectivity index (χ3v) is 4.24. The van der Waals surface area contributed by atoms with E-state index in [9.17, 15) is 4.79 Å². The van der Waals surface area contributed by atoms with Gasteiger partial charge in [0.05, 0.1) is 6.04 Å². The van der Waals surface area contributed by atoms with Crippen molar-refractivity contribution in [2.24, 2.45) is 0 Å². The number of nitrogens with one attached hydrogen (secondary N) is 2. The van der Waals surface area contributed by atoms with Crippen LogP contribution in [0.1, 0.15) is 24.4 Å². The van der Waals surface area contributed by atoms with Crippen molar-refractivity contribution in [3.8, 4) is 0 Å². The SMILES string of the molecule is O=C(CCc1ccsc1)Nc1ccn([C@@H]2CCNC2)n1. The second-order valence-corrected chi connectivity index (χ2v) is 5.79. The Hall–Kier alpha value is -1.66. The largest absolute Gasteiger partial charge is 0.315 e. The van der Waals surface area contributed by atoms with Crippen LogP contribution >= 0.6 is 11.3 Å². The molecule has 0 spiro atoms. The van der Waals surface area contributed by atoms with Crippen LogP contribution in [0.2, 0.25) is 0 Å². The molecule has 2 aromatic rings. The number of aryl methyl sites for hydroxylation is 1. The summed E-state index contributed by atoms with van der Waals surface area (Å²) in [5.74, 6) is 0.665. The maximum absolute atomic E-state index is 11.9. The normalized spacial score (nSPS) is 18.3. The average Bonchev–Trinajstić information content (AvgIpc) is 3.18. The average molecular weight is 290 g/mol. The number of anilines is 1. The number of carbonyl (C=O) groups is 1. The van der Waals surface area contributed by atoms with E-state index in [0.717, 1.165) is 25.9 Å². The van der Waals surface area contributed by atoms with Gasteiger partial charge in [-0.05, 0) is 41.8 Å². The van der Waals surface area contributed by atoms with E-state index >= 15 is 0 Å². The first-order chi connectivity index (χ1) is 9.81. The van der Waals surface area contributed by atoms with Gasteiger partial charge in [0.1, 0.15) is 0 Å². The van der Waals surface area contributed by atoms with Crippen molar-refractivity contribution in [2.45, 2.75) is 25.3 Å². The number of aromatic nitrogens is 2. The monoisotopic (exact) mass is 290 g/mol. The number of hydrogen-bond donors (Lipinski definition) is 2. The molecule has 0 saturated carbocycles. The van der Waals surface area contributed by atoms with E-state index in [4.69, 9.17) is 0 Å². The summed E-state index contributed by atoms with van der Waals surface area (Å²) in [5.41, 5.74) is 1.22. The molecule has 20 heavy (non-hydrogen) atoms. The summed E-state index contributed by atoms with van der Waals surface area (Å²) in [4.78, 5) is 11.9. The van der Waals surface area contributed by atoms with E-state index < -0.39 is 0 Å². The third kappa shape index (κ3) is 3.26. The van der Waals surface area contributed by atoms with Gasteiger partial charge in [0.15, 0.2) is 5.82 Å². The molecule has 3 rings (SSSR count). The highest BCUT2D eigenvalue weighted by Gasteiger charge is 2.17. The minimum Gasteiger partial charge on any atom is -0.315 e. The first kappa shape index (κ1) is 13.3. The van der Waals surface area contributed by atoms with Crippen molar-refractivity contribution in [2.75, 3.05) is 18.4 Å². The zero-order valence-corrected chi connectivity index (χ0v) is 12.0. The third-order valence-electron chi connectivity index (χ3n) is 3.51. The van der Waals surface area contributed by atoms with Gasteiger partial charge in [0, 0.05) is 25.2 Å². The Kier molecular flexibility index (Phi) is 4.13. The molecule has 0 radical (unpaired) electrons. The van der Waals surface area contributed by atoms with E-state index in [1.807, 2.05) is 22.3 Å². The maximum Gasteiger partial charge on any atom is 0.225 e. The molecular formula is C14H18N4OS. The smallest absolute Gasteiger partial charge is 0.225 e. The van der Waals surface area contributed by atoms with Crippen LogP contribution in [-0.2, 0) is 11.2 Å². The lowest BCUT2D eigenvalue weighted by atomic mass is 10.2. The Morgan fingerprint density at radius 1 is 1.55 bits per heavy atom. The molecule has 0 aliphatic carbocycles. The molecule has 2 N–H and O–H groups in total. The van der Waals surface area contributed by atoms with Gasteiger partial charge in [0.2, 0.25) is 5.91 Å². The predicted molar refractivity (Wildman–Crippen MR) is 80.0 cm³/mol. The number of nitrogens with zero attached hydrogens (tertiary/aromatic N) is 2. The van der Waals surface area contributed by atoms with Gasteiger partial charge in [-0.1, -0.05) is 0 Å². The lowest BCUT2D eigenvalue weighted by Crippen LogP contribution is -2.15. The fraction of sp³-hybridized carbons (Fsp3) is 0.429. The van der Waals surface area contributed by atoms with Crippen molar-refractivity contribution >= 4 is 23.1 Å². The van der Waals surface area contributed by atoms with Crippen LogP contribution in [0.3, 0.4) is 0 Å². The van der Waals surface area contributed by atoms with Crippen LogP contribution in [-0.4, -0.2) is 28.8 Å². The number of hydrogen-bond acceptors (Lipinski definition) is 4. The van der Waals surface area contributed by atoms with E-state index in [1.54, 1.807) is 11.3 Å². The zero-order chi connectivity index (χ0) is 13.8. The minimum atomic E-state index is 0.0194. The van der Waals surface area contributed by atoms with Gasteiger partial charge in [-0.25, -0.2) is 0 Å². The Balaban J connectivity index is 1.50. The minimum absolute atomic E-state index is 0.0194. The van der Waals surface area contributed by atoms with Crippen molar-refractivity contribution in [3.05, 3.63) is 34.7 Å². The Morgan fingerprint density at radius 2 is 2.50 bits per heavy atom. The number of amides is 1. The second kappa shape index (κ2) is 6.19. The fourth-order valence-corrected chi connectivity index (χ4v) is 3.07. The molecule has 1 saturated heterocycles. The molecule has 1 amide bonds. The molecule has 106 valence electrons. The number of carbonyl (C=O) groups excluding carboxylic acids is 1. The Morgan fingerprint density at radius 3 is 3.25 bits per heavy atom. The molecule has 1 aliphatic rings. The fourth-order valence-electron chi connectivity index (χ4n) is 2.37. The van der Waals surface area contributed by atoms with E-state index in [1.165, 1.54) is 5.56 Å². The van der Waals surface area contributed by atoms with E-state index in [0.29, 0.717) is 18.3 Å². The van der Waals surface area contributed by atoms with Crippen LogP contribution in [0.4, 0.5) is 5.82 Å². The molecule has 2 aromatic heterocycles. The predicted octanol–water partition coefficient (Wildman–Crippen LogP) is 2.05. The highest BCUT2D eigenvalue weighted by molar-refractivity contribution is 7.07. The lowest BCUT2D eigenvalue weighted by Gasteiger charge is -2.08. The molecule has 0 aromatic carbocycles. The van der Waals surface area contributed by atoms with Crippen LogP contribution in [0.25, 0.3) is 0 Å². The van der Waals surface area contributed by atoms with Gasteiger partial charge in [-0.3, -0.25) is 9.48 Å². The van der Waals surface area contributed by atoms with Crippen LogP contribution in [0.15, 0.2) is 29.1 Å². The van der Waals surface area contributed by atoms with Gasteiger partial charge < -0.3 is 10.6 Å². The Labute approximate surface area is 122 Å². The lowest BCUT2D eigenvalue weighted by molar-refractivity contribution is -0.116. The maximum atomic E-state index is 11.9. The van der Waals surface area contributed by atoms with Gasteiger partial charge in [0.25, 0.3) is 0 Å². The van der Waals surface area contributed by atoms with Gasteiger partial charge >= 0.3 is 0 Å². The molecule has 6 heteroatoms. The topological polar surface area (TPSA) is 59.0 Å². The first-order valence-corrected chi connectivity index (χ1v) is 7.82. The molecule has 3 heterocycles. The summed E-state index contributed by atoms with van der Waals surface area (Å²) in [7, 11) is 0. The van der Waals surface area contributed by atoms with Gasteiger partial charge in [-0.2, -0.15) is 16.4 Å². The second-order valence-electron chi connectivity index (χ2n) is 5.01. The van der Waals surface area contributed by atoms with E-state index in [-0.39, 0.29) is 5.91 Å². The van der Waals surface area contributed by atoms with Crippen molar-refractivity contribution < 1.29 is 4.79 Å². The number of rotatable bonds is 5. The van der Waals surface area contributed by atoms with Gasteiger partial charge in [-0.15, -0.1) is 0 Å². The van der Waals surface area contributed by atoms with Crippen LogP contribution in [0, 0.1) is 0 Å². The van der Waals surface area contributed by atoms with Crippen molar-refractivity contribution in [3.63, 3.8) is 0 Å². The molecule has 0 unspecified atom stereocenters. The Bertz CT molecular complexity index is 558. The summed E-state index contributed by atoms with van der Waals surface area (Å²) in [6.45, 7) is 1.99. The summed E-state index contributed by atoms with van der Waals surface area (Å²) in [6.07, 6.45) is 4.30. The molecule has 0 bridgehead atoms. The van der Waals surface area contributed by atoms with Crippen molar-refractivity contribution in [1.29, 1.82) is 0 Å². The summed E-state index contributed by atoms with van der Waals surface area (Å²) < 4.78 is 1.94. The highest BCUT2D eigenvalue weighted by Crippen LogP contribution is 2.16. The van der Waals surface area contributed by atoms with Crippen LogP contribution in [0.5, 0.6) is 0 Å². The zero-order valence-electron chi connectivity index (χ0n) is 11.2. The van der Waals surface area contributed by atoms with Crippen molar-refractivity contribution in [1.82, 2.24) is 15.1 Å². The summed E-state index contributed by atoms with van der Waals surface area (Å²) in [6, 6.07) is 4.33. The molecule has 1 aliphatic heterocycles. The molecule has 1 atom stereocenters.